The summed E-state index contributed by atoms with van der Waals surface area (Å²) < 4.78 is 1.31. The topological polar surface area (TPSA) is 120 Å². The molecule has 1 saturated heterocycles. The van der Waals surface area contributed by atoms with E-state index in [2.05, 4.69) is 33.2 Å². The summed E-state index contributed by atoms with van der Waals surface area (Å²) in [6, 6.07) is 13.0. The molecule has 10 heteroatoms. The maximum absolute atomic E-state index is 11.0. The summed E-state index contributed by atoms with van der Waals surface area (Å²) in [4.78, 5) is 23.8. The number of thioether (sulfide) groups is 1. The number of rotatable bonds is 4. The number of allylic oxidation sites excluding steroid dienone is 2. The second-order valence-electron chi connectivity index (χ2n) is 8.14. The first-order valence-corrected chi connectivity index (χ1v) is 12.2. The Morgan fingerprint density at radius 2 is 2.17 bits per heavy atom. The highest BCUT2D eigenvalue weighted by Crippen LogP contribution is 2.32. The molecule has 3 aromatic rings. The van der Waals surface area contributed by atoms with E-state index in [1.54, 1.807) is 24.4 Å². The van der Waals surface area contributed by atoms with Crippen LogP contribution < -0.4 is 11.0 Å². The van der Waals surface area contributed by atoms with Crippen molar-refractivity contribution in [1.82, 2.24) is 25.1 Å². The maximum atomic E-state index is 11.0. The lowest BCUT2D eigenvalue weighted by molar-refractivity contribution is -0.104. The Hall–Kier alpha value is -3.66. The Labute approximate surface area is 213 Å². The molecule has 2 aliphatic heterocycles. The van der Waals surface area contributed by atoms with Crippen molar-refractivity contribution in [1.29, 1.82) is 10.8 Å². The highest BCUT2D eigenvalue weighted by molar-refractivity contribution is 8.12. The number of carbonyl (C=O) groups is 1. The molecule has 3 N–H and O–H groups in total. The summed E-state index contributed by atoms with van der Waals surface area (Å²) in [7, 11) is 2.09. The molecule has 184 valence electrons. The fourth-order valence-corrected chi connectivity index (χ4v) is 4.30. The standard InChI is InChI=1S/C21H15N5OS.C5H12N2O/c22-20-9-8-18(19-5-1-4-16(13-27)28-19)25-26(20)21(23)12-14-6-7-17-15(11-14)3-2-10-24-17;1-7-3-2-6-8-5-4-7/h1-3,5-11,13,22-23H,12H2;6H,2-5H2,1H3. The van der Waals surface area contributed by atoms with Crippen LogP contribution in [0, 0.1) is 10.8 Å². The van der Waals surface area contributed by atoms with Gasteiger partial charge in [-0.1, -0.05) is 23.9 Å². The van der Waals surface area contributed by atoms with Crippen LogP contribution in [-0.2, 0) is 16.1 Å². The highest BCUT2D eigenvalue weighted by Gasteiger charge is 2.12. The van der Waals surface area contributed by atoms with Crippen LogP contribution in [0.5, 0.6) is 0 Å². The van der Waals surface area contributed by atoms with Crippen LogP contribution in [0.1, 0.15) is 11.3 Å². The van der Waals surface area contributed by atoms with Gasteiger partial charge in [0, 0.05) is 42.5 Å². The molecule has 0 aliphatic carbocycles. The number of likely N-dealkylation sites (N-methyl/N-ethyl adjacent to an activating group) is 1. The van der Waals surface area contributed by atoms with Crippen molar-refractivity contribution in [2.75, 3.05) is 33.3 Å². The van der Waals surface area contributed by atoms with Crippen molar-refractivity contribution in [3.8, 4) is 0 Å². The Morgan fingerprint density at radius 3 is 3.03 bits per heavy atom. The van der Waals surface area contributed by atoms with Crippen molar-refractivity contribution < 1.29 is 9.63 Å². The number of fused-ring (bicyclic) bond motifs is 1. The molecule has 0 spiro atoms. The van der Waals surface area contributed by atoms with Gasteiger partial charge in [0.1, 0.15) is 11.3 Å². The first-order valence-electron chi connectivity index (χ1n) is 11.4. The molecule has 2 aromatic heterocycles. The molecule has 0 bridgehead atoms. The van der Waals surface area contributed by atoms with Crippen molar-refractivity contribution in [3.05, 3.63) is 88.2 Å². The molecule has 0 radical (unpaired) electrons. The van der Waals surface area contributed by atoms with Gasteiger partial charge in [0.05, 0.1) is 22.7 Å². The van der Waals surface area contributed by atoms with E-state index in [1.807, 2.05) is 36.4 Å². The van der Waals surface area contributed by atoms with Gasteiger partial charge in [-0.25, -0.2) is 10.2 Å². The molecule has 1 fully saturated rings. The van der Waals surface area contributed by atoms with Crippen molar-refractivity contribution in [2.24, 2.45) is 0 Å². The third-order valence-electron chi connectivity index (χ3n) is 5.44. The summed E-state index contributed by atoms with van der Waals surface area (Å²) in [5.74, 6) is 0.193. The summed E-state index contributed by atoms with van der Waals surface area (Å²) in [5.41, 5.74) is 8.27. The largest absolute Gasteiger partial charge is 0.303 e. The third kappa shape index (κ3) is 6.72. The average molecular weight is 502 g/mol. The first-order chi connectivity index (χ1) is 17.5. The Morgan fingerprint density at radius 1 is 1.28 bits per heavy atom. The number of hydroxylamine groups is 1. The number of pyridine rings is 1. The van der Waals surface area contributed by atoms with Gasteiger partial charge in [-0.3, -0.25) is 20.6 Å². The number of aromatic nitrogens is 3. The number of nitrogens with one attached hydrogen (secondary N) is 3. The molecule has 0 saturated carbocycles. The minimum Gasteiger partial charge on any atom is -0.303 e. The van der Waals surface area contributed by atoms with E-state index in [1.165, 1.54) is 16.4 Å². The lowest BCUT2D eigenvalue weighted by Gasteiger charge is -2.12. The molecule has 9 nitrogen and oxygen atoms in total. The summed E-state index contributed by atoms with van der Waals surface area (Å²) in [6.07, 6.45) is 6.32. The molecular formula is C26H27N7O2S. The molecular weight excluding hydrogens is 474 g/mol. The zero-order valence-corrected chi connectivity index (χ0v) is 20.7. The van der Waals surface area contributed by atoms with E-state index in [-0.39, 0.29) is 11.3 Å². The minimum atomic E-state index is 0.124. The van der Waals surface area contributed by atoms with E-state index in [4.69, 9.17) is 15.7 Å². The Balaban J connectivity index is 0.000000325. The summed E-state index contributed by atoms with van der Waals surface area (Å²) in [5, 5.41) is 22.0. The SMILES string of the molecule is CN1CCNOCC1.N=C(Cc1ccc2ncccc2c1)n1nc(C2=CC=C=C(C=O)S2)ccc1=N. The molecule has 36 heavy (non-hydrogen) atoms. The monoisotopic (exact) mass is 501 g/mol. The fraction of sp³-hybridized carbons (Fsp3) is 0.231. The molecule has 0 amide bonds. The number of benzene rings is 1. The van der Waals surface area contributed by atoms with Crippen LogP contribution in [0.3, 0.4) is 0 Å². The van der Waals surface area contributed by atoms with Crippen LogP contribution in [-0.4, -0.2) is 65.1 Å². The number of hydrogen-bond donors (Lipinski definition) is 3. The highest BCUT2D eigenvalue weighted by atomic mass is 32.2. The van der Waals surface area contributed by atoms with E-state index in [0.29, 0.717) is 17.0 Å². The van der Waals surface area contributed by atoms with Gasteiger partial charge in [0.25, 0.3) is 0 Å². The predicted molar refractivity (Wildman–Crippen MR) is 141 cm³/mol. The van der Waals surface area contributed by atoms with E-state index < -0.39 is 0 Å². The van der Waals surface area contributed by atoms with Gasteiger partial charge in [-0.05, 0) is 55.1 Å². The minimum absolute atomic E-state index is 0.124. The van der Waals surface area contributed by atoms with E-state index in [9.17, 15) is 4.79 Å². The zero-order chi connectivity index (χ0) is 25.3. The van der Waals surface area contributed by atoms with E-state index in [0.717, 1.165) is 53.9 Å². The molecule has 0 atom stereocenters. The van der Waals surface area contributed by atoms with Crippen molar-refractivity contribution in [2.45, 2.75) is 6.42 Å². The predicted octanol–water partition coefficient (Wildman–Crippen LogP) is 2.76. The number of nitrogens with zero attached hydrogens (tertiary/aromatic N) is 4. The Kier molecular flexibility index (Phi) is 8.72. The second kappa shape index (κ2) is 12.3. The number of aldehydes is 1. The van der Waals surface area contributed by atoms with E-state index >= 15 is 0 Å². The molecule has 5 rings (SSSR count). The molecule has 0 unspecified atom stereocenters. The fourth-order valence-electron chi connectivity index (χ4n) is 3.54. The van der Waals surface area contributed by atoms with Crippen LogP contribution >= 0.6 is 11.8 Å². The lowest BCUT2D eigenvalue weighted by Crippen LogP contribution is -2.30. The quantitative estimate of drug-likeness (QED) is 0.218. The van der Waals surface area contributed by atoms with Crippen LogP contribution in [0.25, 0.3) is 15.8 Å². The smallest absolute Gasteiger partial charge is 0.164 e. The lowest BCUT2D eigenvalue weighted by atomic mass is 10.1. The van der Waals surface area contributed by atoms with Gasteiger partial charge in [-0.2, -0.15) is 5.10 Å². The summed E-state index contributed by atoms with van der Waals surface area (Å²) >= 11 is 1.27. The summed E-state index contributed by atoms with van der Waals surface area (Å²) in [6.45, 7) is 3.86. The average Bonchev–Trinajstić information content (AvgIpc) is 3.16. The first kappa shape index (κ1) is 25.4. The normalized spacial score (nSPS) is 15.8. The molecule has 4 heterocycles. The van der Waals surface area contributed by atoms with Crippen LogP contribution in [0.15, 0.2) is 71.4 Å². The number of hydrogen-bond acceptors (Lipinski definition) is 9. The van der Waals surface area contributed by atoms with Gasteiger partial charge >= 0.3 is 0 Å². The van der Waals surface area contributed by atoms with Gasteiger partial charge in [0.15, 0.2) is 6.29 Å². The van der Waals surface area contributed by atoms with Crippen molar-refractivity contribution >= 4 is 39.7 Å². The molecule has 2 aliphatic rings. The maximum Gasteiger partial charge on any atom is 0.164 e. The number of carbonyl (C=O) groups excluding carboxylic acids is 1. The third-order valence-corrected chi connectivity index (χ3v) is 6.44. The zero-order valence-electron chi connectivity index (χ0n) is 19.9. The van der Waals surface area contributed by atoms with Crippen molar-refractivity contribution in [3.63, 3.8) is 0 Å². The van der Waals surface area contributed by atoms with Gasteiger partial charge in [-0.15, -0.1) is 5.73 Å². The van der Waals surface area contributed by atoms with Crippen LogP contribution in [0.2, 0.25) is 0 Å². The second-order valence-corrected chi connectivity index (χ2v) is 9.23. The van der Waals surface area contributed by atoms with Gasteiger partial charge in [0.2, 0.25) is 0 Å². The molecule has 1 aromatic carbocycles. The van der Waals surface area contributed by atoms with Gasteiger partial charge < -0.3 is 9.74 Å². The van der Waals surface area contributed by atoms with Crippen LogP contribution in [0.4, 0.5) is 0 Å². The Bertz CT molecular complexity index is 1420.